The van der Waals surface area contributed by atoms with E-state index in [0.29, 0.717) is 19.2 Å². The summed E-state index contributed by atoms with van der Waals surface area (Å²) in [5.74, 6) is -1.68. The molecule has 32 heavy (non-hydrogen) atoms. The van der Waals surface area contributed by atoms with Gasteiger partial charge in [0, 0.05) is 45.7 Å². The highest BCUT2D eigenvalue weighted by Gasteiger charge is 2.22. The zero-order valence-electron chi connectivity index (χ0n) is 17.9. The SMILES string of the molecule is COc1ccc(CCN2CCN(C(=O)CCNS(=O)(=O)c3ccc(F)c(F)c3)CC2)cc1. The molecule has 174 valence electrons. The van der Waals surface area contributed by atoms with E-state index in [4.69, 9.17) is 4.74 Å². The van der Waals surface area contributed by atoms with Crippen LogP contribution in [0.4, 0.5) is 8.78 Å². The number of ether oxygens (including phenoxy) is 1. The molecule has 2 aromatic rings. The number of hydrogen-bond donors (Lipinski definition) is 1. The number of nitrogens with zero attached hydrogens (tertiary/aromatic N) is 2. The smallest absolute Gasteiger partial charge is 0.240 e. The molecule has 0 saturated carbocycles. The van der Waals surface area contributed by atoms with Gasteiger partial charge in [-0.2, -0.15) is 0 Å². The number of sulfonamides is 1. The minimum atomic E-state index is -4.02. The number of carbonyl (C=O) groups is 1. The Morgan fingerprint density at radius 3 is 2.34 bits per heavy atom. The highest BCUT2D eigenvalue weighted by atomic mass is 32.2. The third kappa shape index (κ3) is 6.47. The minimum Gasteiger partial charge on any atom is -0.497 e. The summed E-state index contributed by atoms with van der Waals surface area (Å²) in [5, 5.41) is 0. The molecule has 1 aliphatic rings. The number of hydrogen-bond acceptors (Lipinski definition) is 5. The van der Waals surface area contributed by atoms with Crippen LogP contribution in [0.2, 0.25) is 0 Å². The van der Waals surface area contributed by atoms with Crippen molar-refractivity contribution in [2.24, 2.45) is 0 Å². The summed E-state index contributed by atoms with van der Waals surface area (Å²) in [6.07, 6.45) is 0.901. The first-order valence-corrected chi connectivity index (χ1v) is 11.8. The van der Waals surface area contributed by atoms with Gasteiger partial charge in [0.15, 0.2) is 11.6 Å². The number of nitrogens with one attached hydrogen (secondary N) is 1. The van der Waals surface area contributed by atoms with Gasteiger partial charge in [-0.3, -0.25) is 9.69 Å². The predicted molar refractivity (Wildman–Crippen MR) is 116 cm³/mol. The van der Waals surface area contributed by atoms with Crippen molar-refractivity contribution in [1.82, 2.24) is 14.5 Å². The monoisotopic (exact) mass is 467 g/mol. The average molecular weight is 468 g/mol. The molecule has 7 nitrogen and oxygen atoms in total. The fourth-order valence-corrected chi connectivity index (χ4v) is 4.52. The number of piperazine rings is 1. The predicted octanol–water partition coefficient (Wildman–Crippen LogP) is 2.03. The Balaban J connectivity index is 1.39. The maximum Gasteiger partial charge on any atom is 0.240 e. The minimum absolute atomic E-state index is 0.00520. The van der Waals surface area contributed by atoms with E-state index in [1.54, 1.807) is 12.0 Å². The lowest BCUT2D eigenvalue weighted by molar-refractivity contribution is -0.132. The Morgan fingerprint density at radius 1 is 1.03 bits per heavy atom. The molecule has 1 N–H and O–H groups in total. The summed E-state index contributed by atoms with van der Waals surface area (Å²) in [4.78, 5) is 16.0. The first-order chi connectivity index (χ1) is 15.3. The summed E-state index contributed by atoms with van der Waals surface area (Å²) in [7, 11) is -2.38. The van der Waals surface area contributed by atoms with Gasteiger partial charge < -0.3 is 9.64 Å². The Labute approximate surface area is 187 Å². The first kappa shape index (κ1) is 24.1. The first-order valence-electron chi connectivity index (χ1n) is 10.4. The van der Waals surface area contributed by atoms with Gasteiger partial charge in [0.25, 0.3) is 0 Å². The van der Waals surface area contributed by atoms with E-state index in [9.17, 15) is 22.0 Å². The van der Waals surface area contributed by atoms with Crippen molar-refractivity contribution in [1.29, 1.82) is 0 Å². The van der Waals surface area contributed by atoms with Gasteiger partial charge in [-0.15, -0.1) is 0 Å². The van der Waals surface area contributed by atoms with Crippen LogP contribution < -0.4 is 9.46 Å². The summed E-state index contributed by atoms with van der Waals surface area (Å²) >= 11 is 0. The van der Waals surface area contributed by atoms with Crippen molar-refractivity contribution in [3.8, 4) is 5.75 Å². The van der Waals surface area contributed by atoms with Crippen molar-refractivity contribution in [2.45, 2.75) is 17.7 Å². The van der Waals surface area contributed by atoms with Crippen LogP contribution in [-0.4, -0.2) is 70.5 Å². The van der Waals surface area contributed by atoms with Crippen molar-refractivity contribution in [3.05, 3.63) is 59.7 Å². The molecule has 0 aromatic heterocycles. The molecule has 1 fully saturated rings. The molecular weight excluding hydrogens is 440 g/mol. The van der Waals surface area contributed by atoms with Crippen LogP contribution in [0.15, 0.2) is 47.4 Å². The highest BCUT2D eigenvalue weighted by molar-refractivity contribution is 7.89. The lowest BCUT2D eigenvalue weighted by Gasteiger charge is -2.34. The second kappa shape index (κ2) is 10.8. The highest BCUT2D eigenvalue weighted by Crippen LogP contribution is 2.14. The van der Waals surface area contributed by atoms with Crippen LogP contribution in [0, 0.1) is 11.6 Å². The zero-order valence-corrected chi connectivity index (χ0v) is 18.7. The Hall–Kier alpha value is -2.56. The molecule has 0 radical (unpaired) electrons. The maximum absolute atomic E-state index is 13.3. The van der Waals surface area contributed by atoms with Gasteiger partial charge in [0.1, 0.15) is 5.75 Å². The molecule has 2 aromatic carbocycles. The fourth-order valence-electron chi connectivity index (χ4n) is 3.48. The van der Waals surface area contributed by atoms with Crippen LogP contribution in [-0.2, 0) is 21.2 Å². The van der Waals surface area contributed by atoms with E-state index < -0.39 is 21.7 Å². The van der Waals surface area contributed by atoms with Gasteiger partial charge >= 0.3 is 0 Å². The maximum atomic E-state index is 13.3. The van der Waals surface area contributed by atoms with Crippen molar-refractivity contribution < 1.29 is 26.7 Å². The molecule has 0 spiro atoms. The zero-order chi connectivity index (χ0) is 23.1. The number of methoxy groups -OCH3 is 1. The molecule has 0 bridgehead atoms. The third-order valence-corrected chi connectivity index (χ3v) is 6.89. The van der Waals surface area contributed by atoms with E-state index in [2.05, 4.69) is 9.62 Å². The lowest BCUT2D eigenvalue weighted by Crippen LogP contribution is -2.49. The summed E-state index contributed by atoms with van der Waals surface area (Å²) in [6, 6.07) is 10.3. The molecule has 1 amide bonds. The fraction of sp³-hybridized carbons (Fsp3) is 0.409. The second-order valence-electron chi connectivity index (χ2n) is 7.54. The molecule has 1 heterocycles. The van der Waals surface area contributed by atoms with Gasteiger partial charge in [0.05, 0.1) is 12.0 Å². The number of halogens is 2. The molecule has 0 unspecified atom stereocenters. The second-order valence-corrected chi connectivity index (χ2v) is 9.31. The largest absolute Gasteiger partial charge is 0.497 e. The van der Waals surface area contributed by atoms with E-state index >= 15 is 0 Å². The number of rotatable bonds is 9. The van der Waals surface area contributed by atoms with Crippen molar-refractivity contribution in [3.63, 3.8) is 0 Å². The van der Waals surface area contributed by atoms with Crippen LogP contribution in [0.5, 0.6) is 5.75 Å². The molecule has 1 aliphatic heterocycles. The third-order valence-electron chi connectivity index (χ3n) is 5.43. The molecule has 0 aliphatic carbocycles. The van der Waals surface area contributed by atoms with Crippen molar-refractivity contribution >= 4 is 15.9 Å². The van der Waals surface area contributed by atoms with Gasteiger partial charge in [-0.1, -0.05) is 12.1 Å². The Kier molecular flexibility index (Phi) is 8.16. The Bertz CT molecular complexity index is 1020. The molecule has 1 saturated heterocycles. The van der Waals surface area contributed by atoms with Crippen LogP contribution >= 0.6 is 0 Å². The number of carbonyl (C=O) groups excluding carboxylic acids is 1. The van der Waals surface area contributed by atoms with Gasteiger partial charge in [-0.05, 0) is 42.3 Å². The topological polar surface area (TPSA) is 79.0 Å². The van der Waals surface area contributed by atoms with E-state index in [1.165, 1.54) is 5.56 Å². The Morgan fingerprint density at radius 2 is 1.72 bits per heavy atom. The summed E-state index contributed by atoms with van der Waals surface area (Å²) in [6.45, 7) is 3.44. The standard InChI is InChI=1S/C22H27F2N3O4S/c1-31-18-4-2-17(3-5-18)9-11-26-12-14-27(15-13-26)22(28)8-10-25-32(29,30)19-6-7-20(23)21(24)16-19/h2-7,16,25H,8-15H2,1H3. The molecule has 10 heteroatoms. The van der Waals surface area contributed by atoms with Crippen LogP contribution in [0.25, 0.3) is 0 Å². The van der Waals surface area contributed by atoms with E-state index in [1.807, 2.05) is 24.3 Å². The lowest BCUT2D eigenvalue weighted by atomic mass is 10.1. The summed E-state index contributed by atoms with van der Waals surface area (Å²) in [5.41, 5.74) is 1.22. The van der Waals surface area contributed by atoms with Crippen LogP contribution in [0.1, 0.15) is 12.0 Å². The molecule has 0 atom stereocenters. The normalized spacial score (nSPS) is 15.0. The van der Waals surface area contributed by atoms with Gasteiger partial charge in [-0.25, -0.2) is 21.9 Å². The number of benzene rings is 2. The molecule has 3 rings (SSSR count). The number of amides is 1. The van der Waals surface area contributed by atoms with Gasteiger partial charge in [0.2, 0.25) is 15.9 Å². The van der Waals surface area contributed by atoms with E-state index in [0.717, 1.165) is 43.9 Å². The average Bonchev–Trinajstić information content (AvgIpc) is 2.80. The van der Waals surface area contributed by atoms with E-state index in [-0.39, 0.29) is 23.8 Å². The quantitative estimate of drug-likeness (QED) is 0.611. The summed E-state index contributed by atoms with van der Waals surface area (Å²) < 4.78 is 58.1. The molecular formula is C22H27F2N3O4S. The van der Waals surface area contributed by atoms with Crippen LogP contribution in [0.3, 0.4) is 0 Å². The van der Waals surface area contributed by atoms with Crippen molar-refractivity contribution in [2.75, 3.05) is 46.4 Å².